The minimum absolute atomic E-state index is 0.0106. The molecule has 8 heteroatoms. The lowest BCUT2D eigenvalue weighted by atomic mass is 9.80. The van der Waals surface area contributed by atoms with Gasteiger partial charge in [0, 0.05) is 4.90 Å². The van der Waals surface area contributed by atoms with Gasteiger partial charge in [0.25, 0.3) is 0 Å². The van der Waals surface area contributed by atoms with Crippen molar-refractivity contribution >= 4 is 25.9 Å². The Kier molecular flexibility index (Phi) is 12.4. The molecule has 0 amide bonds. The lowest BCUT2D eigenvalue weighted by Gasteiger charge is -2.46. The molecule has 276 valence electrons. The number of hydrogen-bond donors (Lipinski definition) is 0. The molecule has 1 saturated heterocycles. The van der Waals surface area contributed by atoms with Crippen molar-refractivity contribution < 1.29 is 28.2 Å². The van der Waals surface area contributed by atoms with Crippen LogP contribution in [0.5, 0.6) is 5.75 Å². The summed E-state index contributed by atoms with van der Waals surface area (Å²) in [5, 5.41) is -0.153. The van der Waals surface area contributed by atoms with Gasteiger partial charge in [-0.25, -0.2) is 0 Å². The van der Waals surface area contributed by atoms with Crippen LogP contribution in [0.15, 0.2) is 150 Å². The predicted octanol–water partition coefficient (Wildman–Crippen LogP) is 10.1. The fourth-order valence-electron chi connectivity index (χ4n) is 6.35. The summed E-state index contributed by atoms with van der Waals surface area (Å²) >= 11 is 1.54. The van der Waals surface area contributed by atoms with E-state index in [9.17, 15) is 4.79 Å². The Hall–Kier alpha value is -4.02. The van der Waals surface area contributed by atoms with Gasteiger partial charge in [0.2, 0.25) is 0 Å². The summed E-state index contributed by atoms with van der Waals surface area (Å²) in [5.74, 6) is 0.556. The summed E-state index contributed by atoms with van der Waals surface area (Å²) in [6.07, 6.45) is -2.52. The Balaban J connectivity index is 1.41. The van der Waals surface area contributed by atoms with Crippen molar-refractivity contribution in [1.29, 1.82) is 0 Å². The number of ketones is 1. The van der Waals surface area contributed by atoms with E-state index in [0.717, 1.165) is 32.9 Å². The van der Waals surface area contributed by atoms with Gasteiger partial charge in [-0.05, 0) is 64.7 Å². The molecule has 6 nitrogen and oxygen atoms in total. The van der Waals surface area contributed by atoms with E-state index in [1.165, 1.54) is 11.8 Å². The van der Waals surface area contributed by atoms with E-state index in [2.05, 4.69) is 70.3 Å². The predicted molar refractivity (Wildman–Crippen MR) is 215 cm³/mol. The van der Waals surface area contributed by atoms with Crippen LogP contribution >= 0.6 is 11.8 Å². The van der Waals surface area contributed by atoms with E-state index in [1.807, 2.05) is 109 Å². The second-order valence-corrected chi connectivity index (χ2v) is 20.8. The topological polar surface area (TPSA) is 63.2 Å². The minimum Gasteiger partial charge on any atom is -0.497 e. The normalized spacial score (nSPS) is 19.5. The molecule has 6 rings (SSSR count). The molecule has 0 saturated carbocycles. The van der Waals surface area contributed by atoms with Crippen LogP contribution < -0.4 is 4.74 Å². The Bertz CT molecular complexity index is 1800. The average Bonchev–Trinajstić information content (AvgIpc) is 3.17. The molecular formula is C45H50O6SSi. The maximum absolute atomic E-state index is 15.0. The summed E-state index contributed by atoms with van der Waals surface area (Å²) in [6.45, 7) is 11.1. The number of hydrogen-bond acceptors (Lipinski definition) is 7. The molecule has 0 N–H and O–H groups in total. The summed E-state index contributed by atoms with van der Waals surface area (Å²) in [5.41, 5.74) is 2.17. The van der Waals surface area contributed by atoms with Crippen LogP contribution in [0.25, 0.3) is 0 Å². The van der Waals surface area contributed by atoms with Gasteiger partial charge in [-0.1, -0.05) is 154 Å². The maximum atomic E-state index is 15.0. The van der Waals surface area contributed by atoms with Gasteiger partial charge in [0.1, 0.15) is 35.1 Å². The fraction of sp³-hybridized carbons (Fsp3) is 0.311. The first-order valence-corrected chi connectivity index (χ1v) is 21.9. The summed E-state index contributed by atoms with van der Waals surface area (Å²) in [4.78, 5) is 16.0. The zero-order valence-electron chi connectivity index (χ0n) is 31.4. The lowest BCUT2D eigenvalue weighted by molar-refractivity contribution is -0.186. The van der Waals surface area contributed by atoms with E-state index in [-0.39, 0.29) is 24.0 Å². The third-order valence-electron chi connectivity index (χ3n) is 10.3. The van der Waals surface area contributed by atoms with Crippen molar-refractivity contribution in [3.8, 4) is 5.75 Å². The number of carbonyl (C=O) groups excluding carboxylic acids is 1. The highest BCUT2D eigenvalue weighted by Crippen LogP contribution is 2.44. The second kappa shape index (κ2) is 17.0. The molecule has 0 radical (unpaired) electrons. The van der Waals surface area contributed by atoms with Gasteiger partial charge in [0.15, 0.2) is 14.1 Å². The van der Waals surface area contributed by atoms with Gasteiger partial charge >= 0.3 is 0 Å². The molecule has 5 aromatic carbocycles. The highest BCUT2D eigenvalue weighted by molar-refractivity contribution is 7.99. The number of ether oxygens (including phenoxy) is 4. The van der Waals surface area contributed by atoms with Crippen LogP contribution in [-0.2, 0) is 35.6 Å². The molecule has 5 aromatic rings. The van der Waals surface area contributed by atoms with Crippen LogP contribution in [0.3, 0.4) is 0 Å². The van der Waals surface area contributed by atoms with Gasteiger partial charge in [0.05, 0.1) is 20.3 Å². The Morgan fingerprint density at radius 1 is 0.717 bits per heavy atom. The van der Waals surface area contributed by atoms with E-state index in [0.29, 0.717) is 0 Å². The smallest absolute Gasteiger partial charge is 0.194 e. The average molecular weight is 747 g/mol. The largest absolute Gasteiger partial charge is 0.497 e. The lowest BCUT2D eigenvalue weighted by Crippen LogP contribution is -2.61. The second-order valence-electron chi connectivity index (χ2n) is 14.8. The first-order valence-electron chi connectivity index (χ1n) is 18.2. The number of rotatable bonds is 14. The van der Waals surface area contributed by atoms with Gasteiger partial charge in [-0.15, -0.1) is 0 Å². The Morgan fingerprint density at radius 3 is 1.75 bits per heavy atom. The first-order chi connectivity index (χ1) is 25.5. The van der Waals surface area contributed by atoms with Crippen molar-refractivity contribution in [2.45, 2.75) is 79.8 Å². The molecule has 1 fully saturated rings. The summed E-state index contributed by atoms with van der Waals surface area (Å²) in [7, 11) is -0.848. The molecule has 0 spiro atoms. The highest BCUT2D eigenvalue weighted by Gasteiger charge is 2.52. The van der Waals surface area contributed by atoms with Crippen LogP contribution in [0.4, 0.5) is 0 Å². The van der Waals surface area contributed by atoms with E-state index < -0.39 is 37.7 Å². The van der Waals surface area contributed by atoms with E-state index >= 15 is 0 Å². The Labute approximate surface area is 319 Å². The molecule has 1 aliphatic heterocycles. The number of thioether (sulfide) groups is 1. The van der Waals surface area contributed by atoms with Gasteiger partial charge in [-0.3, -0.25) is 4.79 Å². The van der Waals surface area contributed by atoms with Crippen LogP contribution in [0, 0.1) is 0 Å². The first kappa shape index (κ1) is 38.7. The monoisotopic (exact) mass is 746 g/mol. The van der Waals surface area contributed by atoms with Crippen LogP contribution in [-0.4, -0.2) is 51.6 Å². The van der Waals surface area contributed by atoms with Crippen molar-refractivity contribution in [2.75, 3.05) is 13.7 Å². The molecule has 1 aliphatic rings. The summed E-state index contributed by atoms with van der Waals surface area (Å²) < 4.78 is 33.3. The third-order valence-corrected chi connectivity index (χ3v) is 15.9. The van der Waals surface area contributed by atoms with Crippen molar-refractivity contribution in [2.24, 2.45) is 0 Å². The zero-order chi connectivity index (χ0) is 37.5. The van der Waals surface area contributed by atoms with E-state index in [1.54, 1.807) is 7.11 Å². The molecule has 1 heterocycles. The summed E-state index contributed by atoms with van der Waals surface area (Å²) in [6, 6.07) is 48.4. The fourth-order valence-corrected chi connectivity index (χ4v) is 8.72. The Morgan fingerprint density at radius 2 is 1.25 bits per heavy atom. The third kappa shape index (κ3) is 8.86. The number of Topliss-reactive ketones (excluding diaryl/α,β-unsaturated/α-hetero) is 1. The highest BCUT2D eigenvalue weighted by atomic mass is 32.2. The number of benzene rings is 5. The van der Waals surface area contributed by atoms with Crippen molar-refractivity contribution in [1.82, 2.24) is 0 Å². The van der Waals surface area contributed by atoms with Crippen molar-refractivity contribution in [3.63, 3.8) is 0 Å². The quantitative estimate of drug-likeness (QED) is 0.0828. The maximum Gasteiger partial charge on any atom is 0.194 e. The standard InChI is InChI=1S/C45H50O6SSi/c1-44(2,3)53(5,6)51-41-40(46)39(50-43(52-38-28-17-10-18-29-38)42(41)48-31-33-20-19-27-37(30-33)47-4)32-49-45(34-21-11-7-12-22-34,35-23-13-8-14-24-35)36-25-15-9-16-26-36/h7-30,39,41-43H,31-32H2,1-6H3/t39-,41+,42-,43+/m1/s1. The molecule has 4 atom stereocenters. The number of carbonyl (C=O) groups is 1. The van der Waals surface area contributed by atoms with E-state index in [4.69, 9.17) is 23.4 Å². The van der Waals surface area contributed by atoms with Crippen molar-refractivity contribution in [3.05, 3.63) is 168 Å². The zero-order valence-corrected chi connectivity index (χ0v) is 33.3. The number of methoxy groups -OCH3 is 1. The van der Waals surface area contributed by atoms with Gasteiger partial charge < -0.3 is 23.4 Å². The molecule has 0 unspecified atom stereocenters. The minimum atomic E-state index is -2.49. The SMILES string of the molecule is COc1cccc(CO[C@H]2[C@H](Sc3ccccc3)O[C@H](COC(c3ccccc3)(c3ccccc3)c3ccccc3)C(=O)[C@@H]2O[Si](C)(C)C(C)(C)C)c1. The van der Waals surface area contributed by atoms with Crippen LogP contribution in [0.2, 0.25) is 18.1 Å². The molecule has 53 heavy (non-hydrogen) atoms. The molecule has 0 aliphatic carbocycles. The van der Waals surface area contributed by atoms with Crippen LogP contribution in [0.1, 0.15) is 43.0 Å². The molecule has 0 bridgehead atoms. The molecule has 0 aromatic heterocycles. The van der Waals surface area contributed by atoms with Gasteiger partial charge in [-0.2, -0.15) is 0 Å². The molecular weight excluding hydrogens is 697 g/mol.